The number of hydrogen-bond donors (Lipinski definition) is 1. The molecule has 4 rings (SSSR count). The first kappa shape index (κ1) is 19.2. The molecule has 150 valence electrons. The molecule has 0 unspecified atom stereocenters. The number of carboxylic acids is 1. The molecular weight excluding hydrogens is 354 g/mol. The van der Waals surface area contributed by atoms with E-state index in [4.69, 9.17) is 0 Å². The van der Waals surface area contributed by atoms with Gasteiger partial charge in [0, 0.05) is 63.3 Å². The molecule has 1 aromatic rings. The van der Waals surface area contributed by atoms with E-state index in [1.165, 1.54) is 0 Å². The molecule has 0 aliphatic carbocycles. The zero-order valence-electron chi connectivity index (χ0n) is 16.3. The summed E-state index contributed by atoms with van der Waals surface area (Å²) in [6.45, 7) is 8.93. The Bertz CT molecular complexity index is 745. The SMILES string of the molecule is C=CCN1C[C@@H]2CN(C3CCN(C(=O)c4ccccc4)CC3)C[C@]2(C(=O)O)C1. The number of carbonyl (C=O) groups excluding carboxylic acids is 1. The van der Waals surface area contributed by atoms with Gasteiger partial charge in [0.2, 0.25) is 0 Å². The molecule has 28 heavy (non-hydrogen) atoms. The fourth-order valence-electron chi connectivity index (χ4n) is 5.31. The molecule has 3 heterocycles. The highest BCUT2D eigenvalue weighted by atomic mass is 16.4. The lowest BCUT2D eigenvalue weighted by Gasteiger charge is -2.37. The van der Waals surface area contributed by atoms with Gasteiger partial charge in [-0.1, -0.05) is 24.3 Å². The molecule has 0 saturated carbocycles. The molecule has 6 nitrogen and oxygen atoms in total. The van der Waals surface area contributed by atoms with Crippen molar-refractivity contribution in [2.45, 2.75) is 18.9 Å². The van der Waals surface area contributed by atoms with Gasteiger partial charge in [0.15, 0.2) is 0 Å². The van der Waals surface area contributed by atoms with Crippen LogP contribution in [0.5, 0.6) is 0 Å². The molecule has 0 bridgehead atoms. The third-order valence-electron chi connectivity index (χ3n) is 6.81. The van der Waals surface area contributed by atoms with Gasteiger partial charge in [0.1, 0.15) is 0 Å². The number of carboxylic acid groups (broad SMARTS) is 1. The van der Waals surface area contributed by atoms with Gasteiger partial charge in [-0.05, 0) is 25.0 Å². The maximum absolute atomic E-state index is 12.6. The van der Waals surface area contributed by atoms with E-state index in [1.54, 1.807) is 0 Å². The van der Waals surface area contributed by atoms with Crippen LogP contribution in [0.4, 0.5) is 0 Å². The van der Waals surface area contributed by atoms with Crippen molar-refractivity contribution in [2.24, 2.45) is 11.3 Å². The average molecular weight is 383 g/mol. The van der Waals surface area contributed by atoms with E-state index in [-0.39, 0.29) is 11.8 Å². The Kier molecular flexibility index (Phi) is 5.25. The largest absolute Gasteiger partial charge is 0.481 e. The van der Waals surface area contributed by atoms with Crippen molar-refractivity contribution in [3.8, 4) is 0 Å². The summed E-state index contributed by atoms with van der Waals surface area (Å²) in [6.07, 6.45) is 3.68. The first-order valence-corrected chi connectivity index (χ1v) is 10.2. The van der Waals surface area contributed by atoms with E-state index in [1.807, 2.05) is 41.3 Å². The van der Waals surface area contributed by atoms with Crippen LogP contribution in [-0.2, 0) is 4.79 Å². The number of fused-ring (bicyclic) bond motifs is 1. The summed E-state index contributed by atoms with van der Waals surface area (Å²) in [6, 6.07) is 9.80. The third-order valence-corrected chi connectivity index (χ3v) is 6.81. The first-order valence-electron chi connectivity index (χ1n) is 10.2. The zero-order valence-corrected chi connectivity index (χ0v) is 16.3. The molecule has 3 saturated heterocycles. The summed E-state index contributed by atoms with van der Waals surface area (Å²) in [5.74, 6) is -0.392. The monoisotopic (exact) mass is 383 g/mol. The normalized spacial score (nSPS) is 29.0. The van der Waals surface area contributed by atoms with Gasteiger partial charge < -0.3 is 10.0 Å². The molecular formula is C22H29N3O3. The van der Waals surface area contributed by atoms with Crippen LogP contribution in [0.1, 0.15) is 23.2 Å². The molecule has 2 atom stereocenters. The maximum atomic E-state index is 12.6. The lowest BCUT2D eigenvalue weighted by atomic mass is 9.81. The van der Waals surface area contributed by atoms with E-state index in [0.717, 1.165) is 51.1 Å². The van der Waals surface area contributed by atoms with Crippen molar-refractivity contribution >= 4 is 11.9 Å². The summed E-state index contributed by atoms with van der Waals surface area (Å²) in [5.41, 5.74) is 0.0868. The summed E-state index contributed by atoms with van der Waals surface area (Å²) in [7, 11) is 0. The standard InChI is InChI=1S/C22H29N3O3/c1-2-10-23-13-18-14-25(16-22(18,15-23)21(27)28)19-8-11-24(12-9-19)20(26)17-6-4-3-5-7-17/h2-7,18-19H,1,8-16H2,(H,27,28)/t18-,22-/m1/s1. The summed E-state index contributed by atoms with van der Waals surface area (Å²) < 4.78 is 0. The predicted molar refractivity (Wildman–Crippen MR) is 107 cm³/mol. The second-order valence-electron chi connectivity index (χ2n) is 8.46. The zero-order chi connectivity index (χ0) is 19.7. The highest BCUT2D eigenvalue weighted by Gasteiger charge is 2.58. The van der Waals surface area contributed by atoms with Crippen LogP contribution in [-0.4, -0.2) is 83.5 Å². The Morgan fingerprint density at radius 3 is 2.46 bits per heavy atom. The van der Waals surface area contributed by atoms with Gasteiger partial charge in [0.25, 0.3) is 5.91 Å². The van der Waals surface area contributed by atoms with Crippen LogP contribution in [0.3, 0.4) is 0 Å². The molecule has 1 amide bonds. The molecule has 3 fully saturated rings. The van der Waals surface area contributed by atoms with Gasteiger partial charge in [-0.25, -0.2) is 0 Å². The summed E-state index contributed by atoms with van der Waals surface area (Å²) in [4.78, 5) is 31.3. The number of carbonyl (C=O) groups is 2. The van der Waals surface area contributed by atoms with Gasteiger partial charge in [-0.3, -0.25) is 19.4 Å². The van der Waals surface area contributed by atoms with Crippen molar-refractivity contribution in [1.29, 1.82) is 0 Å². The van der Waals surface area contributed by atoms with E-state index in [2.05, 4.69) is 16.4 Å². The van der Waals surface area contributed by atoms with E-state index < -0.39 is 11.4 Å². The van der Waals surface area contributed by atoms with Crippen LogP contribution < -0.4 is 0 Å². The molecule has 0 spiro atoms. The van der Waals surface area contributed by atoms with Crippen molar-refractivity contribution in [3.05, 3.63) is 48.6 Å². The molecule has 0 radical (unpaired) electrons. The number of rotatable bonds is 5. The minimum absolute atomic E-state index is 0.0967. The number of nitrogens with zero attached hydrogens (tertiary/aromatic N) is 3. The van der Waals surface area contributed by atoms with Gasteiger partial charge in [0.05, 0.1) is 5.41 Å². The molecule has 6 heteroatoms. The molecule has 3 aliphatic rings. The van der Waals surface area contributed by atoms with Crippen LogP contribution in [0.2, 0.25) is 0 Å². The van der Waals surface area contributed by atoms with E-state index in [9.17, 15) is 14.7 Å². The Morgan fingerprint density at radius 2 is 1.86 bits per heavy atom. The van der Waals surface area contributed by atoms with Crippen molar-refractivity contribution < 1.29 is 14.7 Å². The number of hydrogen-bond acceptors (Lipinski definition) is 4. The lowest BCUT2D eigenvalue weighted by molar-refractivity contribution is -0.149. The van der Waals surface area contributed by atoms with Crippen molar-refractivity contribution in [3.63, 3.8) is 0 Å². The van der Waals surface area contributed by atoms with Gasteiger partial charge in [-0.2, -0.15) is 0 Å². The smallest absolute Gasteiger partial charge is 0.312 e. The average Bonchev–Trinajstić information content (AvgIpc) is 3.24. The highest BCUT2D eigenvalue weighted by molar-refractivity contribution is 5.94. The minimum atomic E-state index is -0.664. The van der Waals surface area contributed by atoms with E-state index >= 15 is 0 Å². The highest BCUT2D eigenvalue weighted by Crippen LogP contribution is 2.44. The number of likely N-dealkylation sites (tertiary alicyclic amines) is 3. The van der Waals surface area contributed by atoms with Crippen molar-refractivity contribution in [2.75, 3.05) is 45.8 Å². The second kappa shape index (κ2) is 7.68. The molecule has 3 aliphatic heterocycles. The first-order chi connectivity index (χ1) is 13.5. The van der Waals surface area contributed by atoms with Crippen LogP contribution in [0.25, 0.3) is 0 Å². The molecule has 1 N–H and O–H groups in total. The molecule has 1 aromatic carbocycles. The van der Waals surface area contributed by atoms with Crippen LogP contribution >= 0.6 is 0 Å². The van der Waals surface area contributed by atoms with Crippen molar-refractivity contribution in [1.82, 2.24) is 14.7 Å². The minimum Gasteiger partial charge on any atom is -0.481 e. The van der Waals surface area contributed by atoms with Gasteiger partial charge in [-0.15, -0.1) is 6.58 Å². The van der Waals surface area contributed by atoms with Crippen LogP contribution in [0.15, 0.2) is 43.0 Å². The Hall–Kier alpha value is -2.18. The van der Waals surface area contributed by atoms with E-state index in [0.29, 0.717) is 19.1 Å². The maximum Gasteiger partial charge on any atom is 0.312 e. The molecule has 0 aromatic heterocycles. The lowest BCUT2D eigenvalue weighted by Crippen LogP contribution is -2.48. The Morgan fingerprint density at radius 1 is 1.14 bits per heavy atom. The number of piperidine rings is 1. The van der Waals surface area contributed by atoms with Crippen LogP contribution in [0, 0.1) is 11.3 Å². The Balaban J connectivity index is 1.37. The summed E-state index contributed by atoms with van der Waals surface area (Å²) >= 11 is 0. The quantitative estimate of drug-likeness (QED) is 0.786. The topological polar surface area (TPSA) is 64.1 Å². The third kappa shape index (κ3) is 3.35. The number of amides is 1. The number of aliphatic carboxylic acids is 1. The summed E-state index contributed by atoms with van der Waals surface area (Å²) in [5, 5.41) is 9.99. The number of benzene rings is 1. The second-order valence-corrected chi connectivity index (χ2v) is 8.46. The van der Waals surface area contributed by atoms with Gasteiger partial charge >= 0.3 is 5.97 Å². The predicted octanol–water partition coefficient (Wildman–Crippen LogP) is 1.80. The fraction of sp³-hybridized carbons (Fsp3) is 0.545. The fourth-order valence-corrected chi connectivity index (χ4v) is 5.31. The Labute approximate surface area is 166 Å².